The van der Waals surface area contributed by atoms with Crippen molar-refractivity contribution in [1.82, 2.24) is 20.1 Å². The number of nitrogens with one attached hydrogen (secondary N) is 2. The lowest BCUT2D eigenvalue weighted by atomic mass is 9.93. The fraction of sp³-hybridized carbons (Fsp3) is 0.318. The van der Waals surface area contributed by atoms with Crippen molar-refractivity contribution >= 4 is 21.6 Å². The summed E-state index contributed by atoms with van der Waals surface area (Å²) in [5.41, 5.74) is 4.51. The molecule has 1 amide bonds. The number of para-hydroxylation sites is 1. The van der Waals surface area contributed by atoms with Crippen molar-refractivity contribution in [2.45, 2.75) is 32.2 Å². The molecule has 2 N–H and O–H groups in total. The smallest absolute Gasteiger partial charge is 0.256 e. The Morgan fingerprint density at radius 3 is 2.74 bits per heavy atom. The summed E-state index contributed by atoms with van der Waals surface area (Å²) in [5.74, 6) is -0.205. The number of rotatable bonds is 5. The number of aryl methyl sites for hydroxylation is 1. The van der Waals surface area contributed by atoms with E-state index in [1.54, 1.807) is 36.7 Å². The topological polar surface area (TPSA) is 108 Å². The summed E-state index contributed by atoms with van der Waals surface area (Å²) in [5, 5.41) is 7.39. The average molecular weight is 440 g/mol. The van der Waals surface area contributed by atoms with E-state index in [0.717, 1.165) is 47.9 Å². The van der Waals surface area contributed by atoms with Crippen LogP contribution in [0.4, 0.5) is 5.69 Å². The number of aromatic nitrogens is 3. The number of amides is 1. The number of likely N-dealkylation sites (tertiary alicyclic amines) is 1. The fourth-order valence-electron chi connectivity index (χ4n) is 4.13. The molecule has 8 nitrogen and oxygen atoms in total. The average Bonchev–Trinajstić information content (AvgIpc) is 3.22. The fourth-order valence-corrected chi connectivity index (χ4v) is 4.71. The Balaban J connectivity index is 1.72. The molecule has 9 heteroatoms. The highest BCUT2D eigenvalue weighted by Crippen LogP contribution is 2.37. The van der Waals surface area contributed by atoms with Gasteiger partial charge in [-0.15, -0.1) is 0 Å². The maximum Gasteiger partial charge on any atom is 0.256 e. The van der Waals surface area contributed by atoms with E-state index in [1.165, 1.54) is 0 Å². The highest BCUT2D eigenvalue weighted by Gasteiger charge is 2.32. The van der Waals surface area contributed by atoms with Crippen molar-refractivity contribution < 1.29 is 13.2 Å². The van der Waals surface area contributed by atoms with Crippen LogP contribution in [-0.2, 0) is 10.0 Å². The van der Waals surface area contributed by atoms with Gasteiger partial charge in [0.05, 0.1) is 35.4 Å². The second-order valence-electron chi connectivity index (χ2n) is 7.82. The van der Waals surface area contributed by atoms with Crippen LogP contribution < -0.4 is 4.72 Å². The van der Waals surface area contributed by atoms with Crippen LogP contribution in [-0.4, -0.2) is 47.2 Å². The molecular formula is C22H25N5O3S. The number of hydrogen-bond donors (Lipinski definition) is 2. The third-order valence-electron chi connectivity index (χ3n) is 5.53. The van der Waals surface area contributed by atoms with Gasteiger partial charge in [0.1, 0.15) is 0 Å². The molecule has 3 heterocycles. The maximum atomic E-state index is 13.6. The number of piperidine rings is 1. The molecule has 0 aliphatic carbocycles. The van der Waals surface area contributed by atoms with Crippen molar-refractivity contribution in [2.24, 2.45) is 0 Å². The van der Waals surface area contributed by atoms with Gasteiger partial charge in [-0.25, -0.2) is 8.42 Å². The minimum Gasteiger partial charge on any atom is -0.330 e. The number of sulfonamides is 1. The Hall–Kier alpha value is -3.20. The Labute approximate surface area is 181 Å². The summed E-state index contributed by atoms with van der Waals surface area (Å²) >= 11 is 0. The number of benzene rings is 1. The van der Waals surface area contributed by atoms with Gasteiger partial charge in [0.15, 0.2) is 0 Å². The first-order chi connectivity index (χ1) is 14.8. The van der Waals surface area contributed by atoms with E-state index in [9.17, 15) is 13.2 Å². The quantitative estimate of drug-likeness (QED) is 0.632. The van der Waals surface area contributed by atoms with Gasteiger partial charge < -0.3 is 4.90 Å². The van der Waals surface area contributed by atoms with E-state index in [4.69, 9.17) is 0 Å². The molecule has 0 radical (unpaired) electrons. The number of pyridine rings is 1. The summed E-state index contributed by atoms with van der Waals surface area (Å²) in [6.07, 6.45) is 9.10. The first-order valence-electron chi connectivity index (χ1n) is 10.2. The van der Waals surface area contributed by atoms with Crippen LogP contribution in [0.3, 0.4) is 0 Å². The lowest BCUT2D eigenvalue weighted by molar-refractivity contribution is 0.0608. The van der Waals surface area contributed by atoms with Gasteiger partial charge in [-0.2, -0.15) is 5.10 Å². The molecule has 0 spiro atoms. The third-order valence-corrected chi connectivity index (χ3v) is 6.12. The predicted molar refractivity (Wildman–Crippen MR) is 119 cm³/mol. The molecule has 162 valence electrons. The molecule has 1 aromatic carbocycles. The van der Waals surface area contributed by atoms with Gasteiger partial charge in [-0.1, -0.05) is 12.1 Å². The minimum atomic E-state index is -3.51. The van der Waals surface area contributed by atoms with E-state index in [2.05, 4.69) is 19.9 Å². The van der Waals surface area contributed by atoms with E-state index in [1.807, 2.05) is 24.1 Å². The summed E-state index contributed by atoms with van der Waals surface area (Å²) in [6.45, 7) is 2.58. The Kier molecular flexibility index (Phi) is 5.77. The van der Waals surface area contributed by atoms with Gasteiger partial charge in [-0.05, 0) is 55.5 Å². The predicted octanol–water partition coefficient (Wildman–Crippen LogP) is 3.52. The number of nitrogens with zero attached hydrogens (tertiary/aromatic N) is 3. The third kappa shape index (κ3) is 4.46. The zero-order valence-electron chi connectivity index (χ0n) is 17.5. The largest absolute Gasteiger partial charge is 0.330 e. The summed E-state index contributed by atoms with van der Waals surface area (Å²) in [6, 6.07) is 8.47. The van der Waals surface area contributed by atoms with E-state index in [-0.39, 0.29) is 17.6 Å². The van der Waals surface area contributed by atoms with Crippen LogP contribution >= 0.6 is 0 Å². The second-order valence-corrected chi connectivity index (χ2v) is 9.57. The van der Waals surface area contributed by atoms with Crippen LogP contribution in [0.2, 0.25) is 0 Å². The van der Waals surface area contributed by atoms with Crippen molar-refractivity contribution in [3.05, 3.63) is 65.7 Å². The molecule has 1 aliphatic heterocycles. The lowest BCUT2D eigenvalue weighted by Crippen LogP contribution is -2.39. The Bertz CT molecular complexity index is 1210. The first kappa shape index (κ1) is 21.0. The molecule has 1 aliphatic rings. The van der Waals surface area contributed by atoms with Crippen LogP contribution in [0, 0.1) is 6.92 Å². The number of hydrogen-bond acceptors (Lipinski definition) is 5. The molecule has 31 heavy (non-hydrogen) atoms. The highest BCUT2D eigenvalue weighted by atomic mass is 32.2. The molecule has 3 aromatic rings. The summed E-state index contributed by atoms with van der Waals surface area (Å²) < 4.78 is 26.0. The lowest BCUT2D eigenvalue weighted by Gasteiger charge is -2.36. The number of anilines is 1. The minimum absolute atomic E-state index is 0.183. The molecule has 0 saturated carbocycles. The summed E-state index contributed by atoms with van der Waals surface area (Å²) in [7, 11) is -3.51. The molecule has 0 bridgehead atoms. The molecule has 4 rings (SSSR count). The van der Waals surface area contributed by atoms with E-state index in [0.29, 0.717) is 12.1 Å². The molecule has 1 fully saturated rings. The van der Waals surface area contributed by atoms with Crippen LogP contribution in [0.5, 0.6) is 0 Å². The highest BCUT2D eigenvalue weighted by molar-refractivity contribution is 7.92. The number of carbonyl (C=O) groups excluding carboxylic acids is 1. The molecule has 2 aromatic heterocycles. The normalized spacial score (nSPS) is 16.8. The monoisotopic (exact) mass is 439 g/mol. The van der Waals surface area contributed by atoms with Gasteiger partial charge >= 0.3 is 0 Å². The second kappa shape index (κ2) is 8.50. The van der Waals surface area contributed by atoms with E-state index < -0.39 is 10.0 Å². The number of aromatic amines is 1. The Morgan fingerprint density at radius 2 is 1.97 bits per heavy atom. The van der Waals surface area contributed by atoms with E-state index >= 15 is 0 Å². The van der Waals surface area contributed by atoms with Crippen LogP contribution in [0.1, 0.15) is 46.9 Å². The van der Waals surface area contributed by atoms with Gasteiger partial charge in [0.25, 0.3) is 5.91 Å². The van der Waals surface area contributed by atoms with Crippen molar-refractivity contribution in [3.63, 3.8) is 0 Å². The summed E-state index contributed by atoms with van der Waals surface area (Å²) in [4.78, 5) is 19.6. The van der Waals surface area contributed by atoms with Gasteiger partial charge in [0, 0.05) is 24.5 Å². The molecule has 0 unspecified atom stereocenters. The Morgan fingerprint density at radius 1 is 1.16 bits per heavy atom. The van der Waals surface area contributed by atoms with Crippen LogP contribution in [0.25, 0.3) is 11.1 Å². The number of H-pyrrole nitrogens is 1. The molecule has 1 atom stereocenters. The van der Waals surface area contributed by atoms with Gasteiger partial charge in [-0.3, -0.25) is 19.6 Å². The molecule has 1 saturated heterocycles. The zero-order chi connectivity index (χ0) is 22.0. The SMILES string of the molecule is Cc1cnccc1-c1cn[nH]c1[C@@H]1CCCCN1C(=O)c1ccccc1NS(C)(=O)=O. The standard InChI is InChI=1S/C22H25N5O3S/c1-15-13-23-11-10-16(15)18-14-24-25-21(18)20-9-5-6-12-27(20)22(28)17-7-3-4-8-19(17)26-31(2,29)30/h3-4,7-8,10-11,13-14,20,26H,5-6,9,12H2,1-2H3,(H,24,25)/t20-/m0/s1. The van der Waals surface area contributed by atoms with Crippen molar-refractivity contribution in [1.29, 1.82) is 0 Å². The number of carbonyl (C=O) groups is 1. The molecular weight excluding hydrogens is 414 g/mol. The van der Waals surface area contributed by atoms with Crippen molar-refractivity contribution in [3.8, 4) is 11.1 Å². The first-order valence-corrected chi connectivity index (χ1v) is 12.1. The van der Waals surface area contributed by atoms with Crippen molar-refractivity contribution in [2.75, 3.05) is 17.5 Å². The maximum absolute atomic E-state index is 13.6. The van der Waals surface area contributed by atoms with Gasteiger partial charge in [0.2, 0.25) is 10.0 Å². The van der Waals surface area contributed by atoms with Crippen LogP contribution in [0.15, 0.2) is 48.9 Å². The zero-order valence-corrected chi connectivity index (χ0v) is 18.3.